The summed E-state index contributed by atoms with van der Waals surface area (Å²) in [6.45, 7) is 0.0202. The van der Waals surface area contributed by atoms with E-state index in [1.807, 2.05) is 0 Å². The van der Waals surface area contributed by atoms with Gasteiger partial charge in [-0.2, -0.15) is 0 Å². The van der Waals surface area contributed by atoms with Gasteiger partial charge >= 0.3 is 5.97 Å². The first kappa shape index (κ1) is 9.34. The Morgan fingerprint density at radius 1 is 1.31 bits per heavy atom. The second kappa shape index (κ2) is 3.32. The summed E-state index contributed by atoms with van der Waals surface area (Å²) in [4.78, 5) is 10.5. The minimum absolute atomic E-state index is 0.0202. The highest BCUT2D eigenvalue weighted by atomic mass is 16.4. The fourth-order valence-corrected chi connectivity index (χ4v) is 0.957. The van der Waals surface area contributed by atoms with Crippen molar-refractivity contribution >= 4 is 5.97 Å². The van der Waals surface area contributed by atoms with Crippen molar-refractivity contribution in [2.24, 2.45) is 5.73 Å². The third kappa shape index (κ3) is 1.70. The van der Waals surface area contributed by atoms with E-state index >= 15 is 0 Å². The van der Waals surface area contributed by atoms with Crippen LogP contribution in [0.3, 0.4) is 0 Å². The molecule has 0 spiro atoms. The first-order valence-corrected chi connectivity index (χ1v) is 3.54. The van der Waals surface area contributed by atoms with Crippen LogP contribution in [0.25, 0.3) is 0 Å². The maximum atomic E-state index is 10.5. The second-order valence-electron chi connectivity index (χ2n) is 2.51. The minimum atomic E-state index is -1.26. The molecular formula is C8H9NO4. The van der Waals surface area contributed by atoms with Crippen LogP contribution in [-0.2, 0) is 6.54 Å². The Bertz CT molecular complexity index is 348. The Morgan fingerprint density at radius 3 is 2.38 bits per heavy atom. The van der Waals surface area contributed by atoms with Crippen LogP contribution in [0.5, 0.6) is 11.5 Å². The number of aromatic carboxylic acids is 1. The van der Waals surface area contributed by atoms with E-state index in [-0.39, 0.29) is 23.4 Å². The van der Waals surface area contributed by atoms with Gasteiger partial charge in [-0.25, -0.2) is 4.79 Å². The lowest BCUT2D eigenvalue weighted by molar-refractivity contribution is 0.0693. The molecule has 0 amide bonds. The van der Waals surface area contributed by atoms with Gasteiger partial charge in [0.25, 0.3) is 0 Å². The highest BCUT2D eigenvalue weighted by Crippen LogP contribution is 2.26. The van der Waals surface area contributed by atoms with Crippen LogP contribution in [0, 0.1) is 0 Å². The molecule has 0 aliphatic rings. The molecule has 13 heavy (non-hydrogen) atoms. The van der Waals surface area contributed by atoms with Gasteiger partial charge in [-0.3, -0.25) is 0 Å². The predicted molar refractivity (Wildman–Crippen MR) is 44.6 cm³/mol. The first-order chi connectivity index (χ1) is 6.06. The third-order valence-corrected chi connectivity index (χ3v) is 1.65. The molecular weight excluding hydrogens is 174 g/mol. The van der Waals surface area contributed by atoms with Crippen LogP contribution in [0.4, 0.5) is 0 Å². The number of benzene rings is 1. The van der Waals surface area contributed by atoms with Crippen LogP contribution in [0.1, 0.15) is 15.9 Å². The summed E-state index contributed by atoms with van der Waals surface area (Å²) in [5, 5.41) is 26.9. The molecule has 1 aromatic rings. The van der Waals surface area contributed by atoms with Crippen molar-refractivity contribution in [2.75, 3.05) is 0 Å². The molecule has 0 aliphatic heterocycles. The molecule has 0 aliphatic carbocycles. The molecule has 70 valence electrons. The smallest absolute Gasteiger partial charge is 0.339 e. The van der Waals surface area contributed by atoms with E-state index in [1.165, 1.54) is 0 Å². The van der Waals surface area contributed by atoms with E-state index in [1.54, 1.807) is 0 Å². The number of phenols is 2. The number of hydrogen-bond donors (Lipinski definition) is 4. The molecule has 5 N–H and O–H groups in total. The fraction of sp³-hybridized carbons (Fsp3) is 0.125. The number of hydrogen-bond acceptors (Lipinski definition) is 4. The van der Waals surface area contributed by atoms with Crippen LogP contribution >= 0.6 is 0 Å². The van der Waals surface area contributed by atoms with Crippen LogP contribution in [-0.4, -0.2) is 21.3 Å². The van der Waals surface area contributed by atoms with E-state index in [4.69, 9.17) is 21.1 Å². The highest BCUT2D eigenvalue weighted by Gasteiger charge is 2.12. The topological polar surface area (TPSA) is 104 Å². The van der Waals surface area contributed by atoms with Crippen molar-refractivity contribution < 1.29 is 20.1 Å². The monoisotopic (exact) mass is 183 g/mol. The molecule has 0 fully saturated rings. The lowest BCUT2D eigenvalue weighted by Gasteiger charge is -2.04. The van der Waals surface area contributed by atoms with Crippen molar-refractivity contribution in [1.29, 1.82) is 0 Å². The molecule has 0 atom stereocenters. The molecule has 1 aromatic carbocycles. The van der Waals surface area contributed by atoms with Crippen molar-refractivity contribution in [2.45, 2.75) is 6.54 Å². The summed E-state index contributed by atoms with van der Waals surface area (Å²) >= 11 is 0. The van der Waals surface area contributed by atoms with Crippen molar-refractivity contribution in [3.8, 4) is 11.5 Å². The molecule has 1 rings (SSSR count). The number of rotatable bonds is 2. The van der Waals surface area contributed by atoms with E-state index in [2.05, 4.69) is 0 Å². The number of nitrogens with two attached hydrogens (primary N) is 1. The summed E-state index contributed by atoms with van der Waals surface area (Å²) < 4.78 is 0. The van der Waals surface area contributed by atoms with Gasteiger partial charge in [0.05, 0.1) is 0 Å². The average Bonchev–Trinajstić information content (AvgIpc) is 2.03. The summed E-state index contributed by atoms with van der Waals surface area (Å²) in [6, 6.07) is 2.11. The SMILES string of the molecule is NCc1cc(C(=O)O)c(O)cc1O. The van der Waals surface area contributed by atoms with Gasteiger partial charge in [0.1, 0.15) is 17.1 Å². The molecule has 0 heterocycles. The zero-order chi connectivity index (χ0) is 10.0. The lowest BCUT2D eigenvalue weighted by Crippen LogP contribution is -2.02. The Morgan fingerprint density at radius 2 is 1.92 bits per heavy atom. The predicted octanol–water partition coefficient (Wildman–Crippen LogP) is 0.255. The highest BCUT2D eigenvalue weighted by molar-refractivity contribution is 5.91. The van der Waals surface area contributed by atoms with Gasteiger partial charge in [0, 0.05) is 18.2 Å². The second-order valence-corrected chi connectivity index (χ2v) is 2.51. The summed E-state index contributed by atoms with van der Waals surface area (Å²) in [6.07, 6.45) is 0. The number of carboxylic acid groups (broad SMARTS) is 1. The van der Waals surface area contributed by atoms with E-state index in [0.29, 0.717) is 0 Å². The average molecular weight is 183 g/mol. The molecule has 5 heteroatoms. The molecule has 0 saturated heterocycles. The van der Waals surface area contributed by atoms with E-state index < -0.39 is 11.7 Å². The molecule has 0 aromatic heterocycles. The Balaban J connectivity index is 3.30. The van der Waals surface area contributed by atoms with Gasteiger partial charge in [0.15, 0.2) is 0 Å². The summed E-state index contributed by atoms with van der Waals surface area (Å²) in [5.41, 5.74) is 5.26. The molecule has 0 bridgehead atoms. The maximum absolute atomic E-state index is 10.5. The zero-order valence-corrected chi connectivity index (χ0v) is 6.69. The van der Waals surface area contributed by atoms with Crippen LogP contribution in [0.15, 0.2) is 12.1 Å². The number of phenolic OH excluding ortho intramolecular Hbond substituents is 1. The van der Waals surface area contributed by atoms with E-state index in [9.17, 15) is 4.79 Å². The Labute approximate surface area is 74.0 Å². The third-order valence-electron chi connectivity index (χ3n) is 1.65. The standard InChI is InChI=1S/C8H9NO4/c9-3-4-1-5(8(12)13)7(11)2-6(4)10/h1-2,10-11H,3,9H2,(H,12,13). The number of carboxylic acids is 1. The quantitative estimate of drug-likeness (QED) is 0.526. The van der Waals surface area contributed by atoms with Gasteiger partial charge in [-0.1, -0.05) is 0 Å². The van der Waals surface area contributed by atoms with Crippen molar-refractivity contribution in [1.82, 2.24) is 0 Å². The van der Waals surface area contributed by atoms with Gasteiger partial charge in [-0.05, 0) is 6.07 Å². The molecule has 0 saturated carbocycles. The molecule has 5 nitrogen and oxygen atoms in total. The van der Waals surface area contributed by atoms with Crippen LogP contribution < -0.4 is 5.73 Å². The first-order valence-electron chi connectivity index (χ1n) is 3.54. The fourth-order valence-electron chi connectivity index (χ4n) is 0.957. The minimum Gasteiger partial charge on any atom is -0.507 e. The number of carbonyl (C=O) groups is 1. The van der Waals surface area contributed by atoms with E-state index in [0.717, 1.165) is 12.1 Å². The van der Waals surface area contributed by atoms with Crippen molar-refractivity contribution in [3.63, 3.8) is 0 Å². The van der Waals surface area contributed by atoms with Gasteiger partial charge < -0.3 is 21.1 Å². The van der Waals surface area contributed by atoms with Crippen molar-refractivity contribution in [3.05, 3.63) is 23.3 Å². The normalized spacial score (nSPS) is 9.92. The summed E-state index contributed by atoms with van der Waals surface area (Å²) in [5.74, 6) is -1.93. The maximum Gasteiger partial charge on any atom is 0.339 e. The Kier molecular flexibility index (Phi) is 2.39. The number of aromatic hydroxyl groups is 2. The lowest BCUT2D eigenvalue weighted by atomic mass is 10.1. The van der Waals surface area contributed by atoms with Crippen LogP contribution in [0.2, 0.25) is 0 Å². The Hall–Kier alpha value is -1.75. The summed E-state index contributed by atoms with van der Waals surface area (Å²) in [7, 11) is 0. The largest absolute Gasteiger partial charge is 0.507 e. The molecule has 0 unspecified atom stereocenters. The molecule has 0 radical (unpaired) electrons. The van der Waals surface area contributed by atoms with Gasteiger partial charge in [0.2, 0.25) is 0 Å². The zero-order valence-electron chi connectivity index (χ0n) is 6.69. The van der Waals surface area contributed by atoms with Gasteiger partial charge in [-0.15, -0.1) is 0 Å².